The van der Waals surface area contributed by atoms with Crippen LogP contribution in [-0.4, -0.2) is 32.1 Å². The number of hydrogen-bond acceptors (Lipinski definition) is 4. The van der Waals surface area contributed by atoms with Gasteiger partial charge in [-0.1, -0.05) is 6.07 Å². The summed E-state index contributed by atoms with van der Waals surface area (Å²) in [5.74, 6) is -0.340. The molecule has 1 atom stereocenters. The summed E-state index contributed by atoms with van der Waals surface area (Å²) in [5.41, 5.74) is 5.68. The van der Waals surface area contributed by atoms with Crippen molar-refractivity contribution in [2.45, 2.75) is 12.5 Å². The SMILES string of the molecule is NC(C(=O)NCCOCC(F)F)c1cccs1. The lowest BCUT2D eigenvalue weighted by Gasteiger charge is -2.10. The van der Waals surface area contributed by atoms with Crippen LogP contribution >= 0.6 is 11.3 Å². The molecule has 4 nitrogen and oxygen atoms in total. The molecule has 0 saturated carbocycles. The van der Waals surface area contributed by atoms with Crippen LogP contribution < -0.4 is 11.1 Å². The van der Waals surface area contributed by atoms with Crippen molar-refractivity contribution in [3.8, 4) is 0 Å². The Morgan fingerprint density at radius 3 is 2.94 bits per heavy atom. The number of ether oxygens (including phenoxy) is 1. The minimum atomic E-state index is -2.49. The van der Waals surface area contributed by atoms with Crippen molar-refractivity contribution < 1.29 is 18.3 Å². The molecule has 3 N–H and O–H groups in total. The maximum atomic E-state index is 11.7. The molecule has 7 heteroatoms. The molecule has 0 aliphatic carbocycles. The molecular formula is C10H14F2N2O2S. The number of halogens is 2. The molecule has 1 unspecified atom stereocenters. The molecular weight excluding hydrogens is 250 g/mol. The van der Waals surface area contributed by atoms with Crippen molar-refractivity contribution in [1.29, 1.82) is 0 Å². The Labute approximate surface area is 102 Å². The van der Waals surface area contributed by atoms with E-state index in [-0.39, 0.29) is 19.1 Å². The highest BCUT2D eigenvalue weighted by molar-refractivity contribution is 7.10. The lowest BCUT2D eigenvalue weighted by atomic mass is 10.2. The normalized spacial score (nSPS) is 12.7. The Kier molecular flexibility index (Phi) is 6.03. The van der Waals surface area contributed by atoms with Crippen LogP contribution in [0.1, 0.15) is 10.9 Å². The van der Waals surface area contributed by atoms with Gasteiger partial charge in [-0.2, -0.15) is 0 Å². The van der Waals surface area contributed by atoms with Crippen LogP contribution in [0.25, 0.3) is 0 Å². The molecule has 1 aromatic rings. The van der Waals surface area contributed by atoms with Gasteiger partial charge in [0.25, 0.3) is 6.43 Å². The van der Waals surface area contributed by atoms with Gasteiger partial charge in [-0.15, -0.1) is 11.3 Å². The Bertz CT molecular complexity index is 333. The second-order valence-corrected chi connectivity index (χ2v) is 4.23. The molecule has 0 fully saturated rings. The standard InChI is InChI=1S/C10H14F2N2O2S/c11-8(12)6-16-4-3-14-10(15)9(13)7-2-1-5-17-7/h1-2,5,8-9H,3-4,6,13H2,(H,14,15). The number of hydrogen-bond donors (Lipinski definition) is 2. The summed E-state index contributed by atoms with van der Waals surface area (Å²) in [6, 6.07) is 2.85. The fourth-order valence-corrected chi connectivity index (χ4v) is 1.85. The summed E-state index contributed by atoms with van der Waals surface area (Å²) in [6.45, 7) is -0.398. The van der Waals surface area contributed by atoms with E-state index in [1.807, 2.05) is 5.38 Å². The molecule has 96 valence electrons. The van der Waals surface area contributed by atoms with E-state index in [0.29, 0.717) is 0 Å². The molecule has 1 amide bonds. The van der Waals surface area contributed by atoms with E-state index in [9.17, 15) is 13.6 Å². The Hall–Kier alpha value is -1.05. The zero-order chi connectivity index (χ0) is 12.7. The molecule has 1 heterocycles. The minimum absolute atomic E-state index is 0.0488. The van der Waals surface area contributed by atoms with Crippen molar-refractivity contribution in [2.24, 2.45) is 5.73 Å². The van der Waals surface area contributed by atoms with E-state index in [0.717, 1.165) is 4.88 Å². The van der Waals surface area contributed by atoms with Gasteiger partial charge in [-0.3, -0.25) is 4.79 Å². The van der Waals surface area contributed by atoms with Crippen molar-refractivity contribution in [3.63, 3.8) is 0 Å². The van der Waals surface area contributed by atoms with E-state index in [2.05, 4.69) is 10.1 Å². The number of nitrogens with two attached hydrogens (primary N) is 1. The first-order valence-corrected chi connectivity index (χ1v) is 5.92. The Balaban J connectivity index is 2.17. The van der Waals surface area contributed by atoms with Gasteiger partial charge in [0.05, 0.1) is 6.61 Å². The number of amides is 1. The van der Waals surface area contributed by atoms with Crippen molar-refractivity contribution in [3.05, 3.63) is 22.4 Å². The molecule has 0 aromatic carbocycles. The molecule has 0 radical (unpaired) electrons. The first kappa shape index (κ1) is 14.0. The molecule has 17 heavy (non-hydrogen) atoms. The van der Waals surface area contributed by atoms with E-state index in [4.69, 9.17) is 5.73 Å². The minimum Gasteiger partial charge on any atom is -0.374 e. The molecule has 0 spiro atoms. The highest BCUT2D eigenvalue weighted by Gasteiger charge is 2.15. The summed E-state index contributed by atoms with van der Waals surface area (Å²) < 4.78 is 28.0. The fraction of sp³-hybridized carbons (Fsp3) is 0.500. The highest BCUT2D eigenvalue weighted by atomic mass is 32.1. The Morgan fingerprint density at radius 1 is 1.59 bits per heavy atom. The van der Waals surface area contributed by atoms with Gasteiger partial charge in [0.1, 0.15) is 12.6 Å². The number of nitrogens with one attached hydrogen (secondary N) is 1. The van der Waals surface area contributed by atoms with E-state index < -0.39 is 19.1 Å². The van der Waals surface area contributed by atoms with E-state index >= 15 is 0 Å². The fourth-order valence-electron chi connectivity index (χ4n) is 1.13. The summed E-state index contributed by atoms with van der Waals surface area (Å²) in [5, 5.41) is 4.34. The summed E-state index contributed by atoms with van der Waals surface area (Å²) in [6.07, 6.45) is -2.49. The van der Waals surface area contributed by atoms with Crippen LogP contribution in [0.3, 0.4) is 0 Å². The summed E-state index contributed by atoms with van der Waals surface area (Å²) in [7, 11) is 0. The molecule has 0 aliphatic heterocycles. The van der Waals surface area contributed by atoms with Gasteiger partial charge < -0.3 is 15.8 Å². The lowest BCUT2D eigenvalue weighted by molar-refractivity contribution is -0.122. The quantitative estimate of drug-likeness (QED) is 0.726. The van der Waals surface area contributed by atoms with Crippen LogP contribution in [0.2, 0.25) is 0 Å². The average Bonchev–Trinajstić information content (AvgIpc) is 2.80. The van der Waals surface area contributed by atoms with Crippen molar-refractivity contribution in [2.75, 3.05) is 19.8 Å². The first-order chi connectivity index (χ1) is 8.11. The smallest absolute Gasteiger partial charge is 0.261 e. The summed E-state index contributed by atoms with van der Waals surface area (Å²) in [4.78, 5) is 12.3. The molecule has 1 aromatic heterocycles. The van der Waals surface area contributed by atoms with Crippen LogP contribution in [0.4, 0.5) is 8.78 Å². The Morgan fingerprint density at radius 2 is 2.35 bits per heavy atom. The zero-order valence-electron chi connectivity index (χ0n) is 9.07. The predicted octanol–water partition coefficient (Wildman–Crippen LogP) is 1.15. The van der Waals surface area contributed by atoms with Gasteiger partial charge >= 0.3 is 0 Å². The topological polar surface area (TPSA) is 64.4 Å². The van der Waals surface area contributed by atoms with Crippen LogP contribution in [0.5, 0.6) is 0 Å². The highest BCUT2D eigenvalue weighted by Crippen LogP contribution is 2.16. The first-order valence-electron chi connectivity index (χ1n) is 5.04. The van der Waals surface area contributed by atoms with Gasteiger partial charge in [-0.25, -0.2) is 8.78 Å². The molecule has 1 rings (SSSR count). The average molecular weight is 264 g/mol. The number of carbonyl (C=O) groups excluding carboxylic acids is 1. The maximum Gasteiger partial charge on any atom is 0.261 e. The van der Waals surface area contributed by atoms with Gasteiger partial charge in [0.15, 0.2) is 0 Å². The van der Waals surface area contributed by atoms with Crippen LogP contribution in [0, 0.1) is 0 Å². The molecule has 0 aliphatic rings. The van der Waals surface area contributed by atoms with E-state index in [1.54, 1.807) is 12.1 Å². The monoisotopic (exact) mass is 264 g/mol. The largest absolute Gasteiger partial charge is 0.374 e. The van der Waals surface area contributed by atoms with E-state index in [1.165, 1.54) is 11.3 Å². The molecule has 0 bridgehead atoms. The van der Waals surface area contributed by atoms with Crippen LogP contribution in [0.15, 0.2) is 17.5 Å². The lowest BCUT2D eigenvalue weighted by Crippen LogP contribution is -2.35. The van der Waals surface area contributed by atoms with Gasteiger partial charge in [0.2, 0.25) is 5.91 Å². The maximum absolute atomic E-state index is 11.7. The van der Waals surface area contributed by atoms with Gasteiger partial charge in [-0.05, 0) is 11.4 Å². The van der Waals surface area contributed by atoms with Gasteiger partial charge in [0, 0.05) is 11.4 Å². The van der Waals surface area contributed by atoms with Crippen molar-refractivity contribution >= 4 is 17.2 Å². The zero-order valence-corrected chi connectivity index (χ0v) is 9.88. The number of alkyl halides is 2. The number of rotatable bonds is 7. The third-order valence-electron chi connectivity index (χ3n) is 1.92. The number of thiophene rings is 1. The number of carbonyl (C=O) groups is 1. The predicted molar refractivity (Wildman–Crippen MR) is 61.1 cm³/mol. The van der Waals surface area contributed by atoms with Crippen molar-refractivity contribution in [1.82, 2.24) is 5.32 Å². The second kappa shape index (κ2) is 7.31. The third-order valence-corrected chi connectivity index (χ3v) is 2.88. The molecule has 0 saturated heterocycles. The second-order valence-electron chi connectivity index (χ2n) is 3.25. The summed E-state index contributed by atoms with van der Waals surface area (Å²) >= 11 is 1.39. The third kappa shape index (κ3) is 5.20. The van der Waals surface area contributed by atoms with Crippen LogP contribution in [-0.2, 0) is 9.53 Å².